The number of hydrogen-bond acceptors (Lipinski definition) is 4. The van der Waals surface area contributed by atoms with Crippen molar-refractivity contribution in [1.82, 2.24) is 15.2 Å². The van der Waals surface area contributed by atoms with Crippen LogP contribution in [0.3, 0.4) is 0 Å². The van der Waals surface area contributed by atoms with Crippen LogP contribution in [0.1, 0.15) is 32.4 Å². The first-order chi connectivity index (χ1) is 12.0. The topological polar surface area (TPSA) is 65.5 Å². The summed E-state index contributed by atoms with van der Waals surface area (Å²) in [4.78, 5) is 19.0. The van der Waals surface area contributed by atoms with Crippen LogP contribution in [0.2, 0.25) is 0 Å². The lowest BCUT2D eigenvalue weighted by molar-refractivity contribution is -0.125. The summed E-state index contributed by atoms with van der Waals surface area (Å²) in [6.45, 7) is 6.16. The van der Waals surface area contributed by atoms with Crippen LogP contribution in [0.5, 0.6) is 0 Å². The maximum Gasteiger partial charge on any atom is 0.222 e. The normalized spacial score (nSPS) is 22.1. The molecule has 0 bridgehead atoms. The zero-order chi connectivity index (χ0) is 17.8. The van der Waals surface area contributed by atoms with Gasteiger partial charge in [0.15, 0.2) is 0 Å². The van der Waals surface area contributed by atoms with Gasteiger partial charge in [-0.25, -0.2) is 0 Å². The van der Waals surface area contributed by atoms with E-state index in [0.717, 1.165) is 42.7 Å². The van der Waals surface area contributed by atoms with Crippen LogP contribution in [-0.2, 0) is 11.3 Å². The van der Waals surface area contributed by atoms with Gasteiger partial charge in [-0.15, -0.1) is 0 Å². The Morgan fingerprint density at radius 1 is 1.24 bits per heavy atom. The maximum absolute atomic E-state index is 11.9. The Morgan fingerprint density at radius 2 is 2.00 bits per heavy atom. The third-order valence-electron chi connectivity index (χ3n) is 4.86. The molecule has 0 radical (unpaired) electrons. The zero-order valence-corrected chi connectivity index (χ0v) is 15.0. The smallest absolute Gasteiger partial charge is 0.222 e. The molecule has 2 N–H and O–H groups in total. The zero-order valence-electron chi connectivity index (χ0n) is 15.0. The number of carbonyl (C=O) groups excluding carboxylic acids is 1. The number of aliphatic hydroxyl groups excluding tert-OH is 1. The molecule has 1 aromatic carbocycles. The first-order valence-electron chi connectivity index (χ1n) is 9.08. The molecule has 0 spiro atoms. The summed E-state index contributed by atoms with van der Waals surface area (Å²) in [6, 6.07) is 12.1. The summed E-state index contributed by atoms with van der Waals surface area (Å²) < 4.78 is 0. The quantitative estimate of drug-likeness (QED) is 0.896. The van der Waals surface area contributed by atoms with E-state index in [9.17, 15) is 9.90 Å². The Kier molecular flexibility index (Phi) is 5.66. The van der Waals surface area contributed by atoms with Gasteiger partial charge in [-0.1, -0.05) is 38.1 Å². The molecule has 1 fully saturated rings. The summed E-state index contributed by atoms with van der Waals surface area (Å²) in [6.07, 6.45) is 0.932. The van der Waals surface area contributed by atoms with Gasteiger partial charge in [0, 0.05) is 30.9 Å². The highest BCUT2D eigenvalue weighted by atomic mass is 16.3. The number of pyridine rings is 1. The SMILES string of the molecule is CC(C)C(=O)N[C@H]1CCN(Cc2ccc3ccccc3n2)CC[C@@H]1O. The van der Waals surface area contributed by atoms with Crippen molar-refractivity contribution in [2.75, 3.05) is 13.1 Å². The number of hydrogen-bond donors (Lipinski definition) is 2. The Bertz CT molecular complexity index is 732. The van der Waals surface area contributed by atoms with Crippen LogP contribution in [-0.4, -0.2) is 46.1 Å². The predicted octanol–water partition coefficient (Wildman–Crippen LogP) is 2.33. The number of likely N-dealkylation sites (tertiary alicyclic amines) is 1. The molecule has 1 amide bonds. The van der Waals surface area contributed by atoms with Gasteiger partial charge in [0.1, 0.15) is 0 Å². The fourth-order valence-corrected chi connectivity index (χ4v) is 3.24. The minimum Gasteiger partial charge on any atom is -0.391 e. The number of aromatic nitrogens is 1. The largest absolute Gasteiger partial charge is 0.391 e. The van der Waals surface area contributed by atoms with Crippen molar-refractivity contribution in [3.05, 3.63) is 42.1 Å². The van der Waals surface area contributed by atoms with Crippen molar-refractivity contribution in [3.63, 3.8) is 0 Å². The molecule has 2 heterocycles. The van der Waals surface area contributed by atoms with Crippen LogP contribution in [0.25, 0.3) is 10.9 Å². The van der Waals surface area contributed by atoms with Crippen molar-refractivity contribution in [1.29, 1.82) is 0 Å². The molecule has 3 rings (SSSR count). The molecular weight excluding hydrogens is 314 g/mol. The monoisotopic (exact) mass is 341 g/mol. The van der Waals surface area contributed by atoms with Gasteiger partial charge < -0.3 is 10.4 Å². The molecule has 0 saturated carbocycles. The molecule has 5 heteroatoms. The summed E-state index contributed by atoms with van der Waals surface area (Å²) in [7, 11) is 0. The van der Waals surface area contributed by atoms with Gasteiger partial charge in [0.2, 0.25) is 5.91 Å². The van der Waals surface area contributed by atoms with Crippen LogP contribution in [0.15, 0.2) is 36.4 Å². The van der Waals surface area contributed by atoms with Crippen LogP contribution >= 0.6 is 0 Å². The number of para-hydroxylation sites is 1. The molecular formula is C20H27N3O2. The molecule has 5 nitrogen and oxygen atoms in total. The highest BCUT2D eigenvalue weighted by Crippen LogP contribution is 2.17. The van der Waals surface area contributed by atoms with E-state index in [0.29, 0.717) is 6.42 Å². The van der Waals surface area contributed by atoms with Gasteiger partial charge in [0.05, 0.1) is 23.4 Å². The Hall–Kier alpha value is -1.98. The average Bonchev–Trinajstić information content (AvgIpc) is 2.77. The first-order valence-corrected chi connectivity index (χ1v) is 9.08. The highest BCUT2D eigenvalue weighted by Gasteiger charge is 2.26. The van der Waals surface area contributed by atoms with Crippen LogP contribution < -0.4 is 5.32 Å². The Morgan fingerprint density at radius 3 is 2.80 bits per heavy atom. The fraction of sp³-hybridized carbons (Fsp3) is 0.500. The van der Waals surface area contributed by atoms with E-state index in [1.807, 2.05) is 32.0 Å². The second-order valence-corrected chi connectivity index (χ2v) is 7.19. The van der Waals surface area contributed by atoms with Crippen molar-refractivity contribution < 1.29 is 9.90 Å². The second-order valence-electron chi connectivity index (χ2n) is 7.19. The number of amides is 1. The van der Waals surface area contributed by atoms with E-state index >= 15 is 0 Å². The Balaban J connectivity index is 1.62. The molecule has 2 atom stereocenters. The number of aliphatic hydroxyl groups is 1. The second kappa shape index (κ2) is 7.93. The maximum atomic E-state index is 11.9. The van der Waals surface area contributed by atoms with Crippen molar-refractivity contribution >= 4 is 16.8 Å². The summed E-state index contributed by atoms with van der Waals surface area (Å²) in [5, 5.41) is 14.5. The lowest BCUT2D eigenvalue weighted by Crippen LogP contribution is -2.44. The number of nitrogens with zero attached hydrogens (tertiary/aromatic N) is 2. The highest BCUT2D eigenvalue weighted by molar-refractivity contribution is 5.78. The standard InChI is InChI=1S/C20H27N3O2/c1-14(2)20(25)22-18-9-11-23(12-10-19(18)24)13-16-8-7-15-5-3-4-6-17(15)21-16/h3-8,14,18-19,24H,9-13H2,1-2H3,(H,22,25)/t18-,19-/m0/s1. The van der Waals surface area contributed by atoms with Crippen LogP contribution in [0.4, 0.5) is 0 Å². The lowest BCUT2D eigenvalue weighted by Gasteiger charge is -2.22. The van der Waals surface area contributed by atoms with Gasteiger partial charge in [-0.05, 0) is 25.0 Å². The minimum atomic E-state index is -0.489. The van der Waals surface area contributed by atoms with Gasteiger partial charge in [0.25, 0.3) is 0 Å². The Labute approximate surface area is 149 Å². The fourth-order valence-electron chi connectivity index (χ4n) is 3.24. The molecule has 2 aromatic rings. The van der Waals surface area contributed by atoms with E-state index in [2.05, 4.69) is 28.4 Å². The number of nitrogens with one attached hydrogen (secondary N) is 1. The number of rotatable bonds is 4. The van der Waals surface area contributed by atoms with Crippen molar-refractivity contribution in [2.24, 2.45) is 5.92 Å². The van der Waals surface area contributed by atoms with Crippen LogP contribution in [0, 0.1) is 5.92 Å². The summed E-state index contributed by atoms with van der Waals surface area (Å²) in [5.74, 6) is -0.0537. The predicted molar refractivity (Wildman–Crippen MR) is 99.0 cm³/mol. The summed E-state index contributed by atoms with van der Waals surface area (Å²) in [5.41, 5.74) is 2.05. The molecule has 0 aliphatic carbocycles. The van der Waals surface area contributed by atoms with Crippen molar-refractivity contribution in [2.45, 2.75) is 45.4 Å². The molecule has 1 saturated heterocycles. The van der Waals surface area contributed by atoms with E-state index in [4.69, 9.17) is 4.98 Å². The molecule has 0 unspecified atom stereocenters. The van der Waals surface area contributed by atoms with Crippen molar-refractivity contribution in [3.8, 4) is 0 Å². The lowest BCUT2D eigenvalue weighted by atomic mass is 10.1. The molecule has 134 valence electrons. The third kappa shape index (κ3) is 4.55. The van der Waals surface area contributed by atoms with E-state index < -0.39 is 6.10 Å². The third-order valence-corrected chi connectivity index (χ3v) is 4.86. The van der Waals surface area contributed by atoms with Gasteiger partial charge >= 0.3 is 0 Å². The molecule has 1 aromatic heterocycles. The average molecular weight is 341 g/mol. The molecule has 25 heavy (non-hydrogen) atoms. The molecule has 1 aliphatic heterocycles. The van der Waals surface area contributed by atoms with Gasteiger partial charge in [-0.3, -0.25) is 14.7 Å². The first kappa shape index (κ1) is 17.8. The minimum absolute atomic E-state index is 0.00805. The summed E-state index contributed by atoms with van der Waals surface area (Å²) >= 11 is 0. The van der Waals surface area contributed by atoms with E-state index in [-0.39, 0.29) is 17.9 Å². The number of fused-ring (bicyclic) bond motifs is 1. The number of carbonyl (C=O) groups is 1. The van der Waals surface area contributed by atoms with E-state index in [1.165, 1.54) is 0 Å². The van der Waals surface area contributed by atoms with Gasteiger partial charge in [-0.2, -0.15) is 0 Å². The molecule has 1 aliphatic rings. The van der Waals surface area contributed by atoms with E-state index in [1.54, 1.807) is 0 Å². The number of benzene rings is 1.